The van der Waals surface area contributed by atoms with Gasteiger partial charge in [0.15, 0.2) is 11.5 Å². The number of hydrogen-bond donors (Lipinski definition) is 6. The second-order valence-corrected chi connectivity index (χ2v) is 46.3. The number of likely N-dealkylation sites (tertiary alicyclic amines) is 8. The van der Waals surface area contributed by atoms with Crippen LogP contribution in [0.1, 0.15) is 279 Å². The Bertz CT molecular complexity index is 5630. The Morgan fingerprint density at radius 3 is 0.939 bits per heavy atom. The zero-order valence-electron chi connectivity index (χ0n) is 87.6. The summed E-state index contributed by atoms with van der Waals surface area (Å²) in [6.07, 6.45) is 38.6. The zero-order valence-corrected chi connectivity index (χ0v) is 90.8. The van der Waals surface area contributed by atoms with Crippen LogP contribution in [0.3, 0.4) is 0 Å². The Morgan fingerprint density at radius 1 is 0.374 bits per heavy atom. The van der Waals surface area contributed by atoms with Crippen LogP contribution in [0.5, 0.6) is 11.5 Å². The number of fused-ring (bicyclic) bond motifs is 1. The Kier molecular flexibility index (Phi) is 39.6. The largest absolute Gasteiger partial charge is 0.486 e. The quantitative estimate of drug-likeness (QED) is 0.0462. The molecule has 3 aromatic heterocycles. The van der Waals surface area contributed by atoms with E-state index in [1.54, 1.807) is 96.7 Å². The summed E-state index contributed by atoms with van der Waals surface area (Å²) in [5.41, 5.74) is 21.2. The first-order chi connectivity index (χ1) is 69.7. The van der Waals surface area contributed by atoms with Gasteiger partial charge in [0.25, 0.3) is 23.6 Å². The van der Waals surface area contributed by atoms with Crippen molar-refractivity contribution >= 4 is 116 Å². The van der Waals surface area contributed by atoms with Gasteiger partial charge in [-0.1, -0.05) is 36.4 Å². The highest BCUT2D eigenvalue weighted by Crippen LogP contribution is 2.48. The van der Waals surface area contributed by atoms with Crippen LogP contribution in [0.4, 0.5) is 14.4 Å². The van der Waals surface area contributed by atoms with Gasteiger partial charge in [0, 0.05) is 201 Å². The fraction of sp³-hybridized carbons (Fsp3) is 0.554. The smallest absolute Gasteiger partial charge is 0.410 e. The van der Waals surface area contributed by atoms with E-state index in [2.05, 4.69) is 82.3 Å². The number of carbonyl (C=O) groups is 11. The number of amides is 10. The third-order valence-electron chi connectivity index (χ3n) is 30.3. The average molecular weight is 2150 g/mol. The molecular formula is C112H152Br2N16O17. The minimum absolute atomic E-state index is 0.00491. The molecule has 11 aliphatic rings. The first-order valence-electron chi connectivity index (χ1n) is 51.9. The third kappa shape index (κ3) is 33.2. The van der Waals surface area contributed by atoms with Gasteiger partial charge in [-0.25, -0.2) is 19.2 Å². The van der Waals surface area contributed by atoms with Crippen LogP contribution in [0.15, 0.2) is 149 Å². The van der Waals surface area contributed by atoms with Gasteiger partial charge in [-0.3, -0.25) is 53.4 Å². The molecule has 10 fully saturated rings. The van der Waals surface area contributed by atoms with Crippen molar-refractivity contribution in [1.29, 1.82) is 0 Å². The van der Waals surface area contributed by atoms with Gasteiger partial charge in [-0.05, 0) is 370 Å². The van der Waals surface area contributed by atoms with Gasteiger partial charge in [-0.2, -0.15) is 0 Å². The van der Waals surface area contributed by atoms with Gasteiger partial charge >= 0.3 is 24.2 Å². The van der Waals surface area contributed by atoms with Crippen LogP contribution in [0, 0.1) is 27.1 Å². The lowest BCUT2D eigenvalue weighted by Crippen LogP contribution is -2.50. The third-order valence-corrected chi connectivity index (χ3v) is 31.6. The number of para-hydroxylation sites is 1. The van der Waals surface area contributed by atoms with Crippen molar-refractivity contribution in [2.75, 3.05) is 138 Å². The normalized spacial score (nSPS) is 19.8. The standard InChI is InChI=1S/C29H36N4O4.C23H32N4O4.C21H29BrN2O3.C18H24N4O2.C14H26N2O2.C7H5BrO2/c1-28(2)20-36-24-5-3-4-22(26(24)37-28)19-32-14-9-29(10-15-32)11-16-33(17-12-29)27(35)23-8-13-31-18-21(23)6-7-25(30)34;1-22(2,3)31-21(30)27-14-9-23(10-15-27)7-12-26(13-8-23)20(29)18-6-11-25-16-17(18)4-5-19(24)28;1-20(2,3)27-19(26)24-14-10-21(11-15-24)8-12-23(13-9-21)18(25)16-6-4-5-7-17(16)22;19-16(23)2-1-14-13-21-8-3-15(14)17(24)22-11-6-18(7-12-22)4-9-20-10-5-18;1-13(2,3)18-12(17)16-10-6-14(7-11-16)4-8-15-9-5-14;8-6-4-2-1-3-5(6)7(9)10/h3-8,13,18H,9-12,14-17,19-20H2,1-2H3,(H2,30,34);4-6,11,16H,7-10,12-15H2,1-3H3,(H2,24,28);4-7H,8-15H2,1-3H3;1-3,8,13,20H,4-7,9-12H2,(H2,19,23);15H,4-11H2,1-3H3;1-4H,(H,9,10)/b7-6+;5-4+;;2-1+;;. The van der Waals surface area contributed by atoms with E-state index in [0.717, 1.165) is 236 Å². The number of nitrogens with two attached hydrogens (primary N) is 3. The van der Waals surface area contributed by atoms with E-state index in [1.807, 2.05) is 128 Å². The van der Waals surface area contributed by atoms with Crippen LogP contribution in [-0.4, -0.2) is 285 Å². The summed E-state index contributed by atoms with van der Waals surface area (Å²) in [7, 11) is 0. The summed E-state index contributed by atoms with van der Waals surface area (Å²) in [5, 5.41) is 15.4. The van der Waals surface area contributed by atoms with Gasteiger partial charge in [0.05, 0.1) is 11.1 Å². The van der Waals surface area contributed by atoms with E-state index in [9.17, 15) is 52.7 Å². The second-order valence-electron chi connectivity index (χ2n) is 44.6. The number of aromatic carboxylic acids is 1. The molecule has 0 unspecified atom stereocenters. The monoisotopic (exact) mass is 2150 g/mol. The van der Waals surface area contributed by atoms with Crippen molar-refractivity contribution in [1.82, 2.24) is 64.8 Å². The number of rotatable bonds is 13. The molecule has 3 aromatic carbocycles. The molecule has 0 atom stereocenters. The summed E-state index contributed by atoms with van der Waals surface area (Å²) in [6, 6.07) is 25.6. The van der Waals surface area contributed by atoms with Gasteiger partial charge in [0.1, 0.15) is 29.0 Å². The maximum Gasteiger partial charge on any atom is 0.410 e. The van der Waals surface area contributed by atoms with E-state index < -0.39 is 34.9 Å². The van der Waals surface area contributed by atoms with Crippen LogP contribution < -0.4 is 37.3 Å². The number of carbonyl (C=O) groups excluding carboxylic acids is 10. The lowest BCUT2D eigenvalue weighted by molar-refractivity contribution is -0.114. The Hall–Kier alpha value is -11.7. The molecule has 35 heteroatoms. The molecule has 11 aliphatic heterocycles. The summed E-state index contributed by atoms with van der Waals surface area (Å²) >= 11 is 6.59. The highest BCUT2D eigenvalue weighted by Gasteiger charge is 2.46. The molecule has 5 spiro atoms. The van der Waals surface area contributed by atoms with Crippen LogP contribution in [-0.2, 0) is 35.1 Å². The van der Waals surface area contributed by atoms with Crippen molar-refractivity contribution in [3.8, 4) is 11.5 Å². The van der Waals surface area contributed by atoms with Crippen LogP contribution >= 0.6 is 31.9 Å². The topological polar surface area (TPSA) is 421 Å². The number of nitrogens with zero attached hydrogens (tertiary/aromatic N) is 11. The van der Waals surface area contributed by atoms with Crippen molar-refractivity contribution in [2.45, 2.75) is 234 Å². The number of primary amides is 3. The average Bonchev–Trinajstić information content (AvgIpc) is 0.794. The SMILES string of the molecule is CC(C)(C)OC(=O)N1CCC2(CC1)CCN(C(=O)c1ccccc1Br)CC2.CC(C)(C)OC(=O)N1CCC2(CC1)CCN(C(=O)c1ccncc1/C=C/C(N)=O)CC2.CC(C)(C)OC(=O)N1CCC2(CCNCC2)CC1.CC1(C)COc2cccc(CN3CCC4(CC3)CCN(C(=O)c3ccncc3/C=C/C(N)=O)CC4)c2O1.NC(=O)/C=C/c1cnccc1C(=O)N1CCC2(CCNCC2)CC1.O=C(O)c1ccccc1Br. The van der Waals surface area contributed by atoms with Gasteiger partial charge in [-0.15, -0.1) is 0 Å². The van der Waals surface area contributed by atoms with Gasteiger partial charge in [0.2, 0.25) is 17.7 Å². The summed E-state index contributed by atoms with van der Waals surface area (Å²) in [5.74, 6) is -0.822. The van der Waals surface area contributed by atoms with E-state index >= 15 is 0 Å². The molecule has 10 saturated heterocycles. The van der Waals surface area contributed by atoms with Crippen molar-refractivity contribution in [2.24, 2.45) is 44.3 Å². The van der Waals surface area contributed by atoms with Crippen LogP contribution in [0.25, 0.3) is 18.2 Å². The lowest BCUT2D eigenvalue weighted by Gasteiger charge is -2.47. The number of pyridine rings is 3. The first-order valence-corrected chi connectivity index (χ1v) is 53.5. The number of ether oxygens (including phenoxy) is 5. The molecular weight excluding hydrogens is 2000 g/mol. The molecule has 0 saturated carbocycles. The van der Waals surface area contributed by atoms with E-state index in [1.165, 1.54) is 55.6 Å². The number of carboxylic acids is 1. The fourth-order valence-electron chi connectivity index (χ4n) is 21.2. The molecule has 9 N–H and O–H groups in total. The number of halogens is 2. The number of nitrogens with one attached hydrogen (secondary N) is 2. The van der Waals surface area contributed by atoms with E-state index in [4.69, 9.17) is 46.0 Å². The lowest BCUT2D eigenvalue weighted by atomic mass is 9.71. The predicted octanol–water partition coefficient (Wildman–Crippen LogP) is 16.9. The highest BCUT2D eigenvalue weighted by atomic mass is 79.9. The van der Waals surface area contributed by atoms with Crippen LogP contribution in [0.2, 0.25) is 0 Å². The first kappa shape index (κ1) is 114. The molecule has 0 bridgehead atoms. The zero-order chi connectivity index (χ0) is 106. The Labute approximate surface area is 882 Å². The molecule has 10 amide bonds. The maximum atomic E-state index is 13.3. The molecule has 33 nitrogen and oxygen atoms in total. The second kappa shape index (κ2) is 51.0. The molecule has 0 aliphatic carbocycles. The minimum atomic E-state index is -0.910. The van der Waals surface area contributed by atoms with E-state index in [-0.39, 0.29) is 69.4 Å². The molecule has 17 rings (SSSR count). The number of benzene rings is 3. The van der Waals surface area contributed by atoms with Crippen molar-refractivity contribution in [3.05, 3.63) is 199 Å². The summed E-state index contributed by atoms with van der Waals surface area (Å²) in [6.45, 7) is 39.7. The Balaban J connectivity index is 0.000000162. The highest BCUT2D eigenvalue weighted by molar-refractivity contribution is 9.10. The summed E-state index contributed by atoms with van der Waals surface area (Å²) in [4.78, 5) is 160. The predicted molar refractivity (Wildman–Crippen MR) is 572 cm³/mol. The molecule has 0 radical (unpaired) electrons. The molecule has 6 aromatic rings. The number of carboxylic acid groups (broad SMARTS) is 1. The molecule has 14 heterocycles. The number of hydrogen-bond acceptors (Lipinski definition) is 22. The number of aromatic nitrogens is 3. The van der Waals surface area contributed by atoms with Gasteiger partial charge < -0.3 is 90.9 Å². The Morgan fingerprint density at radius 2 is 0.653 bits per heavy atom. The van der Waals surface area contributed by atoms with Crippen molar-refractivity contribution < 1.29 is 81.5 Å². The van der Waals surface area contributed by atoms with Crippen molar-refractivity contribution in [3.63, 3.8) is 0 Å². The fourth-order valence-corrected chi connectivity index (χ4v) is 22.1. The number of piperidine rings is 10. The van der Waals surface area contributed by atoms with E-state index in [0.29, 0.717) is 87.0 Å². The molecule has 796 valence electrons. The minimum Gasteiger partial charge on any atom is -0.486 e. The maximum absolute atomic E-state index is 13.3. The summed E-state index contributed by atoms with van der Waals surface area (Å²) < 4.78 is 30.1. The molecule has 147 heavy (non-hydrogen) atoms.